The number of hydrogen-bond donors (Lipinski definition) is 4. The zero-order valence-corrected chi connectivity index (χ0v) is 19.5. The van der Waals surface area contributed by atoms with E-state index in [2.05, 4.69) is 20.7 Å². The molecule has 0 spiro atoms. The minimum Gasteiger partial charge on any atom is -0.478 e. The third-order valence-corrected chi connectivity index (χ3v) is 6.46. The summed E-state index contributed by atoms with van der Waals surface area (Å²) in [4.78, 5) is 42.0. The molecule has 10 heteroatoms. The second kappa shape index (κ2) is 9.14. The number of hydrogen-bond acceptors (Lipinski definition) is 6. The molecule has 0 bridgehead atoms. The summed E-state index contributed by atoms with van der Waals surface area (Å²) < 4.78 is 1.39. The number of nitrogens with two attached hydrogens (primary N) is 1. The van der Waals surface area contributed by atoms with Crippen molar-refractivity contribution >= 4 is 29.1 Å². The van der Waals surface area contributed by atoms with Gasteiger partial charge in [-0.15, -0.1) is 0 Å². The summed E-state index contributed by atoms with van der Waals surface area (Å²) in [6, 6.07) is 13.3. The minimum absolute atomic E-state index is 0.0887. The highest BCUT2D eigenvalue weighted by atomic mass is 16.4. The lowest BCUT2D eigenvalue weighted by Gasteiger charge is -2.16. The van der Waals surface area contributed by atoms with Gasteiger partial charge < -0.3 is 21.5 Å². The Hall–Kier alpha value is -4.73. The van der Waals surface area contributed by atoms with Gasteiger partial charge in [-0.3, -0.25) is 9.59 Å². The highest BCUT2D eigenvalue weighted by molar-refractivity contribution is 5.98. The van der Waals surface area contributed by atoms with Crippen LogP contribution >= 0.6 is 0 Å². The molecule has 0 unspecified atom stereocenters. The van der Waals surface area contributed by atoms with Crippen LogP contribution in [0.1, 0.15) is 66.1 Å². The summed E-state index contributed by atoms with van der Waals surface area (Å²) in [5, 5.41) is 19.4. The molecule has 182 valence electrons. The fourth-order valence-corrected chi connectivity index (χ4v) is 4.66. The van der Waals surface area contributed by atoms with Crippen LogP contribution in [0.25, 0.3) is 5.65 Å². The van der Waals surface area contributed by atoms with Crippen molar-refractivity contribution in [2.45, 2.75) is 32.4 Å². The van der Waals surface area contributed by atoms with Crippen molar-refractivity contribution in [2.24, 2.45) is 0 Å². The Kier molecular flexibility index (Phi) is 5.85. The molecule has 0 radical (unpaired) electrons. The molecule has 0 saturated carbocycles. The minimum atomic E-state index is -0.970. The molecule has 0 fully saturated rings. The topological polar surface area (TPSA) is 152 Å². The number of anilines is 1. The number of nitrogens with zero attached hydrogens (tertiary/aromatic N) is 3. The molecule has 1 atom stereocenters. The number of carbonyl (C=O) groups is 3. The maximum absolute atomic E-state index is 13.3. The quantitative estimate of drug-likeness (QED) is 0.307. The molecular weight excluding hydrogens is 460 g/mol. The number of carbonyl (C=O) groups excluding carboxylic acids is 2. The molecule has 2 heterocycles. The van der Waals surface area contributed by atoms with Gasteiger partial charge in [0.15, 0.2) is 5.65 Å². The van der Waals surface area contributed by atoms with Gasteiger partial charge in [0.1, 0.15) is 11.4 Å². The van der Waals surface area contributed by atoms with E-state index in [0.29, 0.717) is 29.7 Å². The highest BCUT2D eigenvalue weighted by Gasteiger charge is 2.28. The maximum atomic E-state index is 13.3. The van der Waals surface area contributed by atoms with Crippen molar-refractivity contribution in [1.82, 2.24) is 25.2 Å². The predicted molar refractivity (Wildman–Crippen MR) is 132 cm³/mol. The summed E-state index contributed by atoms with van der Waals surface area (Å²) in [6.45, 7) is 2.05. The van der Waals surface area contributed by atoms with E-state index in [4.69, 9.17) is 5.73 Å². The normalized spacial score (nSPS) is 14.4. The van der Waals surface area contributed by atoms with E-state index in [1.165, 1.54) is 16.8 Å². The first-order chi connectivity index (χ1) is 17.3. The smallest absolute Gasteiger partial charge is 0.335 e. The lowest BCUT2D eigenvalue weighted by molar-refractivity contribution is 0.0695. The lowest BCUT2D eigenvalue weighted by atomic mass is 9.98. The van der Waals surface area contributed by atoms with Crippen molar-refractivity contribution in [3.63, 3.8) is 0 Å². The number of nitrogens with one attached hydrogen (secondary N) is 2. The van der Waals surface area contributed by atoms with Gasteiger partial charge in [-0.2, -0.15) is 5.10 Å². The summed E-state index contributed by atoms with van der Waals surface area (Å²) >= 11 is 0. The molecule has 5 rings (SSSR count). The third kappa shape index (κ3) is 4.24. The zero-order valence-electron chi connectivity index (χ0n) is 19.5. The standard InChI is InChI=1S/C26H24N6O4/c1-14-17-7-8-20(19(17)6-5-18(14)26(35)36)31-25(34)22-12-21(30-23-9-10-29-32(22)23)24(33)28-13-15-3-2-4-16(27)11-15/h2-6,9-12,20H,7-8,13,27H2,1H3,(H,28,33)(H,31,34)(H,35,36)/t20-/m0/s1. The second-order valence-electron chi connectivity index (χ2n) is 8.73. The third-order valence-electron chi connectivity index (χ3n) is 6.46. The molecule has 1 aliphatic rings. The van der Waals surface area contributed by atoms with Gasteiger partial charge in [-0.25, -0.2) is 14.3 Å². The van der Waals surface area contributed by atoms with Gasteiger partial charge in [0.2, 0.25) is 0 Å². The van der Waals surface area contributed by atoms with Crippen molar-refractivity contribution in [3.05, 3.63) is 93.9 Å². The molecule has 10 nitrogen and oxygen atoms in total. The molecule has 2 aromatic heterocycles. The Bertz CT molecular complexity index is 1530. The average molecular weight is 485 g/mol. The van der Waals surface area contributed by atoms with Gasteiger partial charge in [0.25, 0.3) is 11.8 Å². The Morgan fingerprint density at radius 3 is 2.75 bits per heavy atom. The molecule has 5 N–H and O–H groups in total. The molecule has 0 saturated heterocycles. The van der Waals surface area contributed by atoms with Crippen molar-refractivity contribution in [2.75, 3.05) is 5.73 Å². The summed E-state index contributed by atoms with van der Waals surface area (Å²) in [6.07, 6.45) is 2.82. The van der Waals surface area contributed by atoms with Crippen LogP contribution in [-0.4, -0.2) is 37.5 Å². The average Bonchev–Trinajstić information content (AvgIpc) is 3.49. The first kappa shape index (κ1) is 23.0. The first-order valence-electron chi connectivity index (χ1n) is 11.5. The Morgan fingerprint density at radius 1 is 1.14 bits per heavy atom. The number of aromatic nitrogens is 3. The van der Waals surface area contributed by atoms with E-state index >= 15 is 0 Å². The van der Waals surface area contributed by atoms with E-state index in [0.717, 1.165) is 16.7 Å². The first-order valence-corrected chi connectivity index (χ1v) is 11.5. The Morgan fingerprint density at radius 2 is 1.97 bits per heavy atom. The van der Waals surface area contributed by atoms with E-state index in [9.17, 15) is 19.5 Å². The van der Waals surface area contributed by atoms with Gasteiger partial charge in [0.05, 0.1) is 17.8 Å². The number of nitrogen functional groups attached to an aromatic ring is 1. The number of amides is 2. The van der Waals surface area contributed by atoms with Crippen LogP contribution in [0, 0.1) is 6.92 Å². The summed E-state index contributed by atoms with van der Waals surface area (Å²) in [5.41, 5.74) is 10.7. The van der Waals surface area contributed by atoms with Crippen LogP contribution in [0.2, 0.25) is 0 Å². The zero-order chi connectivity index (χ0) is 25.4. The monoisotopic (exact) mass is 484 g/mol. The number of benzene rings is 2. The van der Waals surface area contributed by atoms with E-state index in [1.54, 1.807) is 43.3 Å². The van der Waals surface area contributed by atoms with E-state index < -0.39 is 17.8 Å². The highest BCUT2D eigenvalue weighted by Crippen LogP contribution is 2.34. The van der Waals surface area contributed by atoms with E-state index in [1.807, 2.05) is 6.07 Å². The fraction of sp³-hybridized carbons (Fsp3) is 0.192. The molecule has 1 aliphatic carbocycles. The van der Waals surface area contributed by atoms with Crippen LogP contribution in [-0.2, 0) is 13.0 Å². The van der Waals surface area contributed by atoms with Gasteiger partial charge in [-0.05, 0) is 60.2 Å². The molecule has 0 aliphatic heterocycles. The number of carboxylic acids is 1. The summed E-state index contributed by atoms with van der Waals surface area (Å²) in [7, 11) is 0. The van der Waals surface area contributed by atoms with Crippen molar-refractivity contribution in [3.8, 4) is 0 Å². The molecule has 2 amide bonds. The second-order valence-corrected chi connectivity index (χ2v) is 8.73. The maximum Gasteiger partial charge on any atom is 0.335 e. The van der Waals surface area contributed by atoms with Crippen molar-refractivity contribution in [1.29, 1.82) is 0 Å². The SMILES string of the molecule is Cc1c(C(=O)O)ccc2c1CC[C@@H]2NC(=O)c1cc(C(=O)NCc2cccc(N)c2)nc2ccnn12. The van der Waals surface area contributed by atoms with Crippen LogP contribution < -0.4 is 16.4 Å². The fourth-order valence-electron chi connectivity index (χ4n) is 4.66. The molecule has 2 aromatic carbocycles. The van der Waals surface area contributed by atoms with Gasteiger partial charge in [0, 0.05) is 24.4 Å². The number of aromatic carboxylic acids is 1. The van der Waals surface area contributed by atoms with Crippen LogP contribution in [0.4, 0.5) is 5.69 Å². The lowest BCUT2D eigenvalue weighted by Crippen LogP contribution is -2.30. The number of rotatable bonds is 6. The van der Waals surface area contributed by atoms with Crippen LogP contribution in [0.3, 0.4) is 0 Å². The van der Waals surface area contributed by atoms with Crippen molar-refractivity contribution < 1.29 is 19.5 Å². The van der Waals surface area contributed by atoms with Gasteiger partial charge in [-0.1, -0.05) is 18.2 Å². The number of fused-ring (bicyclic) bond motifs is 2. The summed E-state index contributed by atoms with van der Waals surface area (Å²) in [5.74, 6) is -1.81. The van der Waals surface area contributed by atoms with E-state index in [-0.39, 0.29) is 29.5 Å². The Balaban J connectivity index is 1.38. The molecule has 4 aromatic rings. The van der Waals surface area contributed by atoms with Gasteiger partial charge >= 0.3 is 5.97 Å². The molecular formula is C26H24N6O4. The Labute approximate surface area is 206 Å². The molecule has 36 heavy (non-hydrogen) atoms. The predicted octanol–water partition coefficient (Wildman–Crippen LogP) is 2.67. The van der Waals surface area contributed by atoms with Crippen LogP contribution in [0.15, 0.2) is 54.7 Å². The number of carboxylic acid groups (broad SMARTS) is 1. The van der Waals surface area contributed by atoms with Crippen LogP contribution in [0.5, 0.6) is 0 Å². The largest absolute Gasteiger partial charge is 0.478 e.